The Hall–Kier alpha value is -1.16. The molecule has 0 bridgehead atoms. The zero-order valence-electron chi connectivity index (χ0n) is 11.6. The molecule has 0 aromatic rings. The molecule has 0 heterocycles. The zero-order chi connectivity index (χ0) is 17.8. The molecule has 0 N–H and O–H groups in total. The van der Waals surface area contributed by atoms with Gasteiger partial charge in [0.2, 0.25) is 11.4 Å². The predicted molar refractivity (Wildman–Crippen MR) is 61.1 cm³/mol. The lowest BCUT2D eigenvalue weighted by atomic mass is 9.89. The van der Waals surface area contributed by atoms with Gasteiger partial charge in [0, 0.05) is 13.0 Å². The van der Waals surface area contributed by atoms with Crippen molar-refractivity contribution in [3.05, 3.63) is 24.6 Å². The van der Waals surface area contributed by atoms with Gasteiger partial charge in [-0.1, -0.05) is 6.08 Å². The van der Waals surface area contributed by atoms with Gasteiger partial charge in [-0.2, -0.15) is 35.1 Å². The topological polar surface area (TPSA) is 18.5 Å². The van der Waals surface area contributed by atoms with E-state index in [-0.39, 0.29) is 6.61 Å². The molecular weight excluding hydrogens is 328 g/mol. The third kappa shape index (κ3) is 3.97. The van der Waals surface area contributed by atoms with Crippen molar-refractivity contribution in [2.24, 2.45) is 0 Å². The lowest BCUT2D eigenvalue weighted by Crippen LogP contribution is -2.62. The maximum Gasteiger partial charge on any atom is 0.424 e. The molecule has 0 rings (SSSR count). The number of hydrogen-bond acceptors (Lipinski definition) is 2. The molecule has 2 atom stereocenters. The average Bonchev–Trinajstić information content (AvgIpc) is 2.35. The summed E-state index contributed by atoms with van der Waals surface area (Å²) in [5.41, 5.74) is -4.58. The Balaban J connectivity index is 6.17. The maximum atomic E-state index is 13.8. The summed E-state index contributed by atoms with van der Waals surface area (Å²) in [5.74, 6) is -9.20. The molecule has 0 saturated carbocycles. The monoisotopic (exact) mass is 342 g/mol. The Bertz CT molecular complexity index is 414. The standard InChI is InChI=1S/C12H14F8O2/c1-4-6-10(12(18,19)20,22-7(3)21-5-2)11(16,17)8(13)9(14)15/h4,7H,1,5-6H2,2-3H3. The minimum absolute atomic E-state index is 0.204. The summed E-state index contributed by atoms with van der Waals surface area (Å²) in [7, 11) is 0. The summed E-state index contributed by atoms with van der Waals surface area (Å²) in [4.78, 5) is 0. The quantitative estimate of drug-likeness (QED) is 0.352. The number of ether oxygens (including phenoxy) is 2. The van der Waals surface area contributed by atoms with Crippen LogP contribution in [-0.4, -0.2) is 30.6 Å². The molecule has 0 spiro atoms. The Morgan fingerprint density at radius 3 is 1.95 bits per heavy atom. The molecule has 130 valence electrons. The minimum atomic E-state index is -5.89. The van der Waals surface area contributed by atoms with Crippen LogP contribution in [0.15, 0.2) is 24.6 Å². The highest BCUT2D eigenvalue weighted by atomic mass is 19.4. The van der Waals surface area contributed by atoms with Gasteiger partial charge in [-0.15, -0.1) is 6.58 Å². The van der Waals surface area contributed by atoms with Crippen molar-refractivity contribution < 1.29 is 44.6 Å². The molecule has 0 fully saturated rings. The van der Waals surface area contributed by atoms with E-state index in [0.717, 1.165) is 6.92 Å². The first-order chi connectivity index (χ1) is 9.87. The normalized spacial score (nSPS) is 16.8. The van der Waals surface area contributed by atoms with Gasteiger partial charge in [0.25, 0.3) is 0 Å². The van der Waals surface area contributed by atoms with Crippen molar-refractivity contribution in [2.75, 3.05) is 6.61 Å². The third-order valence-electron chi connectivity index (χ3n) is 2.61. The number of alkyl halides is 5. The first-order valence-electron chi connectivity index (χ1n) is 5.93. The molecule has 0 aliphatic heterocycles. The molecule has 0 amide bonds. The second kappa shape index (κ2) is 7.40. The smallest absolute Gasteiger partial charge is 0.353 e. The Kier molecular flexibility index (Phi) is 7.01. The molecule has 0 aromatic heterocycles. The van der Waals surface area contributed by atoms with Crippen LogP contribution in [-0.2, 0) is 9.47 Å². The second-order valence-electron chi connectivity index (χ2n) is 4.11. The molecule has 22 heavy (non-hydrogen) atoms. The molecule has 10 heteroatoms. The lowest BCUT2D eigenvalue weighted by Gasteiger charge is -2.41. The largest absolute Gasteiger partial charge is 0.424 e. The summed E-state index contributed by atoms with van der Waals surface area (Å²) in [6, 6.07) is 0. The first-order valence-corrected chi connectivity index (χ1v) is 5.93. The Morgan fingerprint density at radius 1 is 1.14 bits per heavy atom. The van der Waals surface area contributed by atoms with Gasteiger partial charge < -0.3 is 9.47 Å². The summed E-state index contributed by atoms with van der Waals surface area (Å²) in [6.45, 7) is 4.83. The highest BCUT2D eigenvalue weighted by Crippen LogP contribution is 2.52. The van der Waals surface area contributed by atoms with Gasteiger partial charge in [-0.05, 0) is 13.8 Å². The van der Waals surface area contributed by atoms with E-state index in [1.54, 1.807) is 0 Å². The highest BCUT2D eigenvalue weighted by Gasteiger charge is 2.73. The van der Waals surface area contributed by atoms with Crippen LogP contribution in [0.25, 0.3) is 0 Å². The van der Waals surface area contributed by atoms with E-state index in [4.69, 9.17) is 0 Å². The van der Waals surface area contributed by atoms with E-state index in [9.17, 15) is 35.1 Å². The zero-order valence-corrected chi connectivity index (χ0v) is 11.6. The van der Waals surface area contributed by atoms with Crippen LogP contribution in [0.2, 0.25) is 0 Å². The average molecular weight is 342 g/mol. The van der Waals surface area contributed by atoms with E-state index >= 15 is 0 Å². The van der Waals surface area contributed by atoms with Gasteiger partial charge in [-0.3, -0.25) is 0 Å². The van der Waals surface area contributed by atoms with Gasteiger partial charge in [0.1, 0.15) is 0 Å². The van der Waals surface area contributed by atoms with E-state index in [1.807, 2.05) is 0 Å². The Labute approximate surface area is 121 Å². The summed E-state index contributed by atoms with van der Waals surface area (Å²) < 4.78 is 113. The fourth-order valence-electron chi connectivity index (χ4n) is 1.66. The SMILES string of the molecule is C=CCC(OC(C)OCC)(C(F)(F)F)C(F)(F)C(F)=C(F)F. The molecule has 0 radical (unpaired) electrons. The number of rotatable bonds is 8. The summed E-state index contributed by atoms with van der Waals surface area (Å²) >= 11 is 0. The summed E-state index contributed by atoms with van der Waals surface area (Å²) in [6.07, 6.45) is -12.6. The number of hydrogen-bond donors (Lipinski definition) is 0. The molecule has 0 aliphatic rings. The van der Waals surface area contributed by atoms with E-state index in [0.29, 0.717) is 6.08 Å². The third-order valence-corrected chi connectivity index (χ3v) is 2.61. The van der Waals surface area contributed by atoms with Gasteiger partial charge in [0.05, 0.1) is 0 Å². The maximum absolute atomic E-state index is 13.8. The van der Waals surface area contributed by atoms with E-state index in [1.165, 1.54) is 6.92 Å². The fraction of sp³-hybridized carbons (Fsp3) is 0.667. The van der Waals surface area contributed by atoms with Crippen LogP contribution in [0, 0.1) is 0 Å². The van der Waals surface area contributed by atoms with Gasteiger partial charge in [-0.25, -0.2) is 0 Å². The number of halogens is 8. The van der Waals surface area contributed by atoms with Crippen molar-refractivity contribution in [1.29, 1.82) is 0 Å². The summed E-state index contributed by atoms with van der Waals surface area (Å²) in [5, 5.41) is 0. The van der Waals surface area contributed by atoms with E-state index in [2.05, 4.69) is 16.1 Å². The van der Waals surface area contributed by atoms with Crippen LogP contribution < -0.4 is 0 Å². The molecule has 0 aromatic carbocycles. The minimum Gasteiger partial charge on any atom is -0.353 e. The second-order valence-corrected chi connectivity index (χ2v) is 4.11. The molecule has 0 saturated heterocycles. The molecule has 2 nitrogen and oxygen atoms in total. The molecule has 2 unspecified atom stereocenters. The van der Waals surface area contributed by atoms with Gasteiger partial charge >= 0.3 is 18.2 Å². The van der Waals surface area contributed by atoms with Crippen LogP contribution in [0.5, 0.6) is 0 Å². The first kappa shape index (κ1) is 20.8. The van der Waals surface area contributed by atoms with Crippen molar-refractivity contribution in [2.45, 2.75) is 44.3 Å². The Morgan fingerprint density at radius 2 is 1.64 bits per heavy atom. The van der Waals surface area contributed by atoms with Crippen molar-refractivity contribution >= 4 is 0 Å². The lowest BCUT2D eigenvalue weighted by molar-refractivity contribution is -0.372. The fourth-order valence-corrected chi connectivity index (χ4v) is 1.66. The molecular formula is C12H14F8O2. The predicted octanol–water partition coefficient (Wildman–Crippen LogP) is 4.98. The van der Waals surface area contributed by atoms with E-state index < -0.39 is 42.3 Å². The van der Waals surface area contributed by atoms with Crippen molar-refractivity contribution in [3.63, 3.8) is 0 Å². The van der Waals surface area contributed by atoms with Crippen LogP contribution in [0.1, 0.15) is 20.3 Å². The molecule has 0 aliphatic carbocycles. The van der Waals surface area contributed by atoms with Crippen LogP contribution in [0.4, 0.5) is 35.1 Å². The highest BCUT2D eigenvalue weighted by molar-refractivity contribution is 5.18. The van der Waals surface area contributed by atoms with Crippen LogP contribution in [0.3, 0.4) is 0 Å². The van der Waals surface area contributed by atoms with Crippen molar-refractivity contribution in [1.82, 2.24) is 0 Å². The van der Waals surface area contributed by atoms with Crippen molar-refractivity contribution in [3.8, 4) is 0 Å². The van der Waals surface area contributed by atoms with Gasteiger partial charge in [0.15, 0.2) is 6.29 Å². The van der Waals surface area contributed by atoms with Crippen LogP contribution >= 0.6 is 0 Å².